The third-order valence-corrected chi connectivity index (χ3v) is 2.14. The van der Waals surface area contributed by atoms with E-state index >= 15 is 0 Å². The van der Waals surface area contributed by atoms with Gasteiger partial charge in [0.15, 0.2) is 0 Å². The van der Waals surface area contributed by atoms with Crippen molar-refractivity contribution < 1.29 is 0 Å². The van der Waals surface area contributed by atoms with Crippen molar-refractivity contribution in [2.75, 3.05) is 6.54 Å². The number of nitrogens with two attached hydrogens (primary N) is 1. The maximum atomic E-state index is 5.57. The fourth-order valence-electron chi connectivity index (χ4n) is 1.50. The van der Waals surface area contributed by atoms with E-state index < -0.39 is 0 Å². The van der Waals surface area contributed by atoms with Gasteiger partial charge in [0.05, 0.1) is 0 Å². The zero-order chi connectivity index (χ0) is 10.4. The van der Waals surface area contributed by atoms with E-state index in [1.54, 1.807) is 0 Å². The van der Waals surface area contributed by atoms with Crippen LogP contribution in [0.2, 0.25) is 0 Å². The molecule has 0 atom stereocenters. The third-order valence-electron chi connectivity index (χ3n) is 2.14. The lowest BCUT2D eigenvalue weighted by Crippen LogP contribution is -2.25. The van der Waals surface area contributed by atoms with Crippen LogP contribution in [0.5, 0.6) is 0 Å². The van der Waals surface area contributed by atoms with Crippen LogP contribution in [-0.2, 0) is 0 Å². The second-order valence-electron chi connectivity index (χ2n) is 3.22. The van der Waals surface area contributed by atoms with E-state index in [9.17, 15) is 0 Å². The van der Waals surface area contributed by atoms with Crippen molar-refractivity contribution in [3.63, 3.8) is 0 Å². The van der Waals surface area contributed by atoms with Crippen molar-refractivity contribution in [3.05, 3.63) is 46.9 Å². The predicted molar refractivity (Wildman–Crippen MR) is 63.1 cm³/mol. The van der Waals surface area contributed by atoms with Crippen molar-refractivity contribution in [1.82, 2.24) is 0 Å². The fourth-order valence-corrected chi connectivity index (χ4v) is 1.50. The fraction of sp³-hybridized carbons (Fsp3) is 0.231. The van der Waals surface area contributed by atoms with Crippen LogP contribution in [-0.4, -0.2) is 6.54 Å². The molecule has 14 heavy (non-hydrogen) atoms. The summed E-state index contributed by atoms with van der Waals surface area (Å²) in [6, 6.07) is 8.15. The monoisotopic (exact) mass is 187 g/mol. The molecule has 0 spiro atoms. The molecule has 1 nitrogen and oxygen atoms in total. The molecule has 0 saturated carbocycles. The largest absolute Gasteiger partial charge is 0.330 e. The van der Waals surface area contributed by atoms with Crippen LogP contribution >= 0.6 is 0 Å². The molecule has 0 aliphatic rings. The highest BCUT2D eigenvalue weighted by atomic mass is 14.5. The highest BCUT2D eigenvalue weighted by Gasteiger charge is 1.92. The second kappa shape index (κ2) is 5.40. The van der Waals surface area contributed by atoms with Crippen LogP contribution < -0.4 is 16.2 Å². The Hall–Kier alpha value is -1.34. The summed E-state index contributed by atoms with van der Waals surface area (Å²) in [6.45, 7) is 6.70. The van der Waals surface area contributed by atoms with Crippen LogP contribution in [0.4, 0.5) is 0 Å². The van der Waals surface area contributed by atoms with Gasteiger partial charge in [-0.3, -0.25) is 0 Å². The van der Waals surface area contributed by atoms with Crippen molar-refractivity contribution in [1.29, 1.82) is 0 Å². The topological polar surface area (TPSA) is 26.0 Å². The maximum absolute atomic E-state index is 5.57. The van der Waals surface area contributed by atoms with Crippen LogP contribution in [0.1, 0.15) is 13.3 Å². The van der Waals surface area contributed by atoms with Gasteiger partial charge in [-0.05, 0) is 35.9 Å². The maximum Gasteiger partial charge on any atom is -0.00365 e. The second-order valence-corrected chi connectivity index (χ2v) is 3.22. The molecule has 0 aromatic heterocycles. The van der Waals surface area contributed by atoms with Crippen LogP contribution in [0, 0.1) is 0 Å². The van der Waals surface area contributed by atoms with Gasteiger partial charge >= 0.3 is 0 Å². The predicted octanol–water partition coefficient (Wildman–Crippen LogP) is 1.17. The minimum Gasteiger partial charge on any atom is -0.330 e. The summed E-state index contributed by atoms with van der Waals surface area (Å²) in [5.41, 5.74) is 6.84. The average Bonchev–Trinajstić information content (AvgIpc) is 2.18. The van der Waals surface area contributed by atoms with Gasteiger partial charge in [0.2, 0.25) is 0 Å². The van der Waals surface area contributed by atoms with Crippen molar-refractivity contribution in [2.45, 2.75) is 13.3 Å². The highest BCUT2D eigenvalue weighted by molar-refractivity contribution is 5.56. The van der Waals surface area contributed by atoms with E-state index in [2.05, 4.69) is 18.7 Å². The van der Waals surface area contributed by atoms with E-state index in [4.69, 9.17) is 5.73 Å². The average molecular weight is 187 g/mol. The van der Waals surface area contributed by atoms with Crippen LogP contribution in [0.3, 0.4) is 0 Å². The normalized spacial score (nSPS) is 13.3. The molecule has 1 heteroatoms. The first-order valence-electron chi connectivity index (χ1n) is 4.89. The van der Waals surface area contributed by atoms with Gasteiger partial charge in [-0.15, -0.1) is 0 Å². The Balaban J connectivity index is 3.36. The Bertz CT molecular complexity index is 415. The summed E-state index contributed by atoms with van der Waals surface area (Å²) in [5, 5.41) is 2.27. The van der Waals surface area contributed by atoms with Gasteiger partial charge in [-0.1, -0.05) is 43.0 Å². The zero-order valence-electron chi connectivity index (χ0n) is 8.66. The molecule has 1 rings (SSSR count). The van der Waals surface area contributed by atoms with Crippen molar-refractivity contribution in [3.8, 4) is 0 Å². The molecule has 0 aliphatic heterocycles. The summed E-state index contributed by atoms with van der Waals surface area (Å²) in [4.78, 5) is 0. The smallest absolute Gasteiger partial charge is 0.00365 e. The zero-order valence-corrected chi connectivity index (χ0v) is 8.66. The molecule has 0 fully saturated rings. The first kappa shape index (κ1) is 10.7. The first-order valence-corrected chi connectivity index (χ1v) is 4.89. The van der Waals surface area contributed by atoms with Gasteiger partial charge in [0.25, 0.3) is 0 Å². The minimum absolute atomic E-state index is 0.675. The van der Waals surface area contributed by atoms with Crippen LogP contribution in [0.15, 0.2) is 36.4 Å². The molecular formula is C13H17N. The first-order chi connectivity index (χ1) is 6.79. The van der Waals surface area contributed by atoms with Gasteiger partial charge in [-0.25, -0.2) is 0 Å². The number of rotatable bonds is 3. The summed E-state index contributed by atoms with van der Waals surface area (Å²) in [7, 11) is 0. The summed E-state index contributed by atoms with van der Waals surface area (Å²) < 4.78 is 0. The molecule has 74 valence electrons. The highest BCUT2D eigenvalue weighted by Crippen LogP contribution is 1.99. The molecule has 0 radical (unpaired) electrons. The van der Waals surface area contributed by atoms with Gasteiger partial charge < -0.3 is 5.73 Å². The standard InChI is InChI=1S/C13H17N/c1-3-6-12(9-10-14)13-8-5-4-7-11(13)2/h3-8H,2,9-10,14H2,1H3/b6-3-,13-12+. The van der Waals surface area contributed by atoms with Gasteiger partial charge in [0, 0.05) is 0 Å². The van der Waals surface area contributed by atoms with Crippen LogP contribution in [0.25, 0.3) is 12.2 Å². The van der Waals surface area contributed by atoms with Crippen molar-refractivity contribution in [2.24, 2.45) is 5.73 Å². The molecule has 0 bridgehead atoms. The third kappa shape index (κ3) is 2.57. The van der Waals surface area contributed by atoms with Gasteiger partial charge in [0.1, 0.15) is 0 Å². The molecule has 0 unspecified atom stereocenters. The lowest BCUT2D eigenvalue weighted by Gasteiger charge is -2.00. The van der Waals surface area contributed by atoms with E-state index in [0.717, 1.165) is 11.6 Å². The lowest BCUT2D eigenvalue weighted by atomic mass is 10.1. The molecular weight excluding hydrogens is 170 g/mol. The van der Waals surface area contributed by atoms with E-state index in [-0.39, 0.29) is 0 Å². The van der Waals surface area contributed by atoms with E-state index in [0.29, 0.717) is 6.54 Å². The van der Waals surface area contributed by atoms with Gasteiger partial charge in [-0.2, -0.15) is 0 Å². The Labute approximate surface area is 85.3 Å². The molecule has 1 aromatic carbocycles. The van der Waals surface area contributed by atoms with Crippen molar-refractivity contribution >= 4 is 12.2 Å². The SMILES string of the molecule is C=c1cccc/c1=C(/C=C\C)CCN. The Morgan fingerprint density at radius 1 is 1.43 bits per heavy atom. The molecule has 0 saturated heterocycles. The van der Waals surface area contributed by atoms with E-state index in [1.807, 2.05) is 31.2 Å². The molecule has 0 amide bonds. The molecule has 2 N–H and O–H groups in total. The number of allylic oxidation sites excluding steroid dienone is 2. The summed E-state index contributed by atoms with van der Waals surface area (Å²) in [5.74, 6) is 0. The summed E-state index contributed by atoms with van der Waals surface area (Å²) >= 11 is 0. The Morgan fingerprint density at radius 2 is 2.14 bits per heavy atom. The lowest BCUT2D eigenvalue weighted by molar-refractivity contribution is 1.02. The molecule has 0 aliphatic carbocycles. The quantitative estimate of drug-likeness (QED) is 0.755. The molecule has 0 heterocycles. The minimum atomic E-state index is 0.675. The summed E-state index contributed by atoms with van der Waals surface area (Å²) in [6.07, 6.45) is 5.05. The molecule has 1 aromatic rings. The number of benzene rings is 1. The number of hydrogen-bond donors (Lipinski definition) is 1. The number of hydrogen-bond acceptors (Lipinski definition) is 1. The Kier molecular flexibility index (Phi) is 4.14. The van der Waals surface area contributed by atoms with E-state index in [1.165, 1.54) is 10.8 Å². The Morgan fingerprint density at radius 3 is 2.71 bits per heavy atom.